The number of ketones is 1. The molecule has 7 rings (SSSR count). The molecule has 190 valence electrons. The summed E-state index contributed by atoms with van der Waals surface area (Å²) in [6, 6.07) is 9.75. The number of halogens is 1. The van der Waals surface area contributed by atoms with E-state index in [2.05, 4.69) is 10.2 Å². The lowest BCUT2D eigenvalue weighted by Gasteiger charge is -2.63. The number of aromatic hydroxyl groups is 1. The second-order valence-electron chi connectivity index (χ2n) is 11.2. The topological polar surface area (TPSA) is 123 Å². The summed E-state index contributed by atoms with van der Waals surface area (Å²) in [6.07, 6.45) is 2.28. The van der Waals surface area contributed by atoms with Crippen LogP contribution >= 0.6 is 11.6 Å². The lowest BCUT2D eigenvalue weighted by atomic mass is 9.47. The first-order valence-electron chi connectivity index (χ1n) is 12.8. The number of phenolic OH excluding ortho intramolecular Hbond substituents is 1. The van der Waals surface area contributed by atoms with Gasteiger partial charge in [-0.3, -0.25) is 14.5 Å². The van der Waals surface area contributed by atoms with E-state index in [1.54, 1.807) is 12.1 Å². The molecule has 9 heteroatoms. The van der Waals surface area contributed by atoms with E-state index < -0.39 is 34.7 Å². The van der Waals surface area contributed by atoms with Gasteiger partial charge in [0, 0.05) is 23.2 Å². The summed E-state index contributed by atoms with van der Waals surface area (Å²) in [5.41, 5.74) is -0.259. The summed E-state index contributed by atoms with van der Waals surface area (Å²) in [5, 5.41) is 35.8. The average molecular weight is 520 g/mol. The minimum atomic E-state index is -1.40. The molecule has 0 aromatic heterocycles. The molecule has 2 bridgehead atoms. The summed E-state index contributed by atoms with van der Waals surface area (Å²) >= 11 is 6.09. The molecule has 1 saturated heterocycles. The predicted molar refractivity (Wildman–Crippen MR) is 133 cm³/mol. The molecule has 2 heterocycles. The highest BCUT2D eigenvalue weighted by Gasteiger charge is 2.75. The van der Waals surface area contributed by atoms with Gasteiger partial charge >= 0.3 is 0 Å². The fourth-order valence-corrected chi connectivity index (χ4v) is 7.63. The van der Waals surface area contributed by atoms with Gasteiger partial charge in [0.05, 0.1) is 22.3 Å². The first-order chi connectivity index (χ1) is 17.8. The Morgan fingerprint density at radius 2 is 2.11 bits per heavy atom. The van der Waals surface area contributed by atoms with Crippen LogP contribution in [0.2, 0.25) is 5.02 Å². The van der Waals surface area contributed by atoms with E-state index in [0.717, 1.165) is 24.2 Å². The molecule has 5 atom stereocenters. The summed E-state index contributed by atoms with van der Waals surface area (Å²) in [5.74, 6) is -1.40. The van der Waals surface area contributed by atoms with Crippen LogP contribution in [0.25, 0.3) is 0 Å². The molecular formula is C28H26ClN3O5. The van der Waals surface area contributed by atoms with Crippen LogP contribution in [0.1, 0.15) is 42.4 Å². The molecule has 2 aromatic carbocycles. The normalized spacial score (nSPS) is 33.3. The molecule has 1 amide bonds. The van der Waals surface area contributed by atoms with Crippen molar-refractivity contribution in [1.29, 1.82) is 5.26 Å². The average Bonchev–Trinajstić information content (AvgIpc) is 3.61. The summed E-state index contributed by atoms with van der Waals surface area (Å²) in [4.78, 5) is 29.9. The Kier molecular flexibility index (Phi) is 4.79. The van der Waals surface area contributed by atoms with Crippen molar-refractivity contribution in [1.82, 2.24) is 4.90 Å². The minimum Gasteiger partial charge on any atom is -0.504 e. The Labute approximate surface area is 218 Å². The third kappa shape index (κ3) is 3.02. The second-order valence-corrected chi connectivity index (χ2v) is 11.6. The van der Waals surface area contributed by atoms with Crippen molar-refractivity contribution in [3.8, 4) is 17.6 Å². The zero-order valence-corrected chi connectivity index (χ0v) is 20.8. The lowest BCUT2D eigenvalue weighted by molar-refractivity contribution is -0.197. The SMILES string of the molecule is N#Cc1ccc(Cl)cc1NC(=O)C1C[C@@]2(O)[C@H]3Cc4ccc(O)c5c4[C@@]2(CCN3CC2CC2)[C@@H](O5)C1=O. The maximum atomic E-state index is 13.9. The number of hydrogen-bond donors (Lipinski definition) is 3. The second kappa shape index (κ2) is 7.70. The number of nitrogens with one attached hydrogen (secondary N) is 1. The van der Waals surface area contributed by atoms with Crippen LogP contribution in [0.15, 0.2) is 30.3 Å². The number of ether oxygens (including phenoxy) is 1. The quantitative estimate of drug-likeness (QED) is 0.531. The third-order valence-electron chi connectivity index (χ3n) is 9.31. The number of nitrogens with zero attached hydrogens (tertiary/aromatic N) is 2. The number of carbonyl (C=O) groups is 2. The van der Waals surface area contributed by atoms with Gasteiger partial charge in [0.1, 0.15) is 12.0 Å². The molecule has 3 N–H and O–H groups in total. The summed E-state index contributed by atoms with van der Waals surface area (Å²) < 4.78 is 6.18. The van der Waals surface area contributed by atoms with Crippen molar-refractivity contribution in [3.05, 3.63) is 52.0 Å². The van der Waals surface area contributed by atoms with Gasteiger partial charge in [-0.2, -0.15) is 5.26 Å². The number of piperidine rings is 1. The fraction of sp³-hybridized carbons (Fsp3) is 0.464. The third-order valence-corrected chi connectivity index (χ3v) is 9.54. The number of carbonyl (C=O) groups excluding carboxylic acids is 2. The van der Waals surface area contributed by atoms with Gasteiger partial charge in [-0.15, -0.1) is 0 Å². The van der Waals surface area contributed by atoms with Crippen molar-refractivity contribution < 1.29 is 24.5 Å². The smallest absolute Gasteiger partial charge is 0.235 e. The maximum Gasteiger partial charge on any atom is 0.235 e. The monoisotopic (exact) mass is 519 g/mol. The van der Waals surface area contributed by atoms with E-state index in [0.29, 0.717) is 23.8 Å². The minimum absolute atomic E-state index is 0.0552. The van der Waals surface area contributed by atoms with Gasteiger partial charge in [0.15, 0.2) is 23.4 Å². The van der Waals surface area contributed by atoms with Crippen molar-refractivity contribution in [2.24, 2.45) is 11.8 Å². The number of anilines is 1. The number of benzene rings is 2. The number of nitriles is 1. The van der Waals surface area contributed by atoms with Gasteiger partial charge in [0.2, 0.25) is 5.91 Å². The summed E-state index contributed by atoms with van der Waals surface area (Å²) in [6.45, 7) is 1.60. The molecule has 5 aliphatic rings. The first kappa shape index (κ1) is 23.0. The number of amides is 1. The fourth-order valence-electron chi connectivity index (χ4n) is 7.46. The van der Waals surface area contributed by atoms with E-state index in [9.17, 15) is 25.1 Å². The number of likely N-dealkylation sites (tertiary alicyclic amines) is 1. The van der Waals surface area contributed by atoms with Gasteiger partial charge < -0.3 is 20.3 Å². The molecular weight excluding hydrogens is 494 g/mol. The number of hydrogen-bond acceptors (Lipinski definition) is 7. The van der Waals surface area contributed by atoms with Gasteiger partial charge in [-0.25, -0.2) is 0 Å². The van der Waals surface area contributed by atoms with Gasteiger partial charge in [0.25, 0.3) is 0 Å². The van der Waals surface area contributed by atoms with Gasteiger partial charge in [-0.1, -0.05) is 17.7 Å². The zero-order valence-electron chi connectivity index (χ0n) is 20.0. The number of phenols is 1. The van der Waals surface area contributed by atoms with E-state index in [-0.39, 0.29) is 35.2 Å². The van der Waals surface area contributed by atoms with E-state index in [1.807, 2.05) is 12.1 Å². The molecule has 1 spiro atoms. The Morgan fingerprint density at radius 3 is 2.86 bits per heavy atom. The van der Waals surface area contributed by atoms with Crippen molar-refractivity contribution in [2.75, 3.05) is 18.4 Å². The Balaban J connectivity index is 1.32. The van der Waals surface area contributed by atoms with Crippen LogP contribution in [0.4, 0.5) is 5.69 Å². The van der Waals surface area contributed by atoms with E-state index in [1.165, 1.54) is 25.0 Å². The van der Waals surface area contributed by atoms with Crippen molar-refractivity contribution in [2.45, 2.75) is 55.3 Å². The molecule has 3 fully saturated rings. The predicted octanol–water partition coefficient (Wildman–Crippen LogP) is 2.92. The van der Waals surface area contributed by atoms with E-state index >= 15 is 0 Å². The van der Waals surface area contributed by atoms with E-state index in [4.69, 9.17) is 16.3 Å². The molecule has 8 nitrogen and oxygen atoms in total. The first-order valence-corrected chi connectivity index (χ1v) is 13.2. The van der Waals surface area contributed by atoms with Crippen LogP contribution in [0, 0.1) is 23.2 Å². The summed E-state index contributed by atoms with van der Waals surface area (Å²) in [7, 11) is 0. The molecule has 0 radical (unpaired) electrons. The van der Waals surface area contributed by atoms with Crippen LogP contribution in [0.5, 0.6) is 11.5 Å². The highest BCUT2D eigenvalue weighted by Crippen LogP contribution is 2.65. The molecule has 2 saturated carbocycles. The van der Waals surface area contributed by atoms with Crippen molar-refractivity contribution in [3.63, 3.8) is 0 Å². The Morgan fingerprint density at radius 1 is 1.30 bits per heavy atom. The molecule has 2 aromatic rings. The van der Waals surface area contributed by atoms with Crippen LogP contribution in [-0.2, 0) is 21.4 Å². The van der Waals surface area contributed by atoms with Crippen LogP contribution in [0.3, 0.4) is 0 Å². The molecule has 3 aliphatic carbocycles. The number of aliphatic hydroxyl groups is 1. The van der Waals surface area contributed by atoms with Crippen molar-refractivity contribution >= 4 is 29.0 Å². The lowest BCUT2D eigenvalue weighted by Crippen LogP contribution is -2.78. The van der Waals surface area contributed by atoms with Crippen LogP contribution < -0.4 is 10.1 Å². The molecule has 1 unspecified atom stereocenters. The number of rotatable bonds is 4. The molecule has 2 aliphatic heterocycles. The highest BCUT2D eigenvalue weighted by atomic mass is 35.5. The maximum absolute atomic E-state index is 13.9. The van der Waals surface area contributed by atoms with Crippen LogP contribution in [-0.4, -0.2) is 57.6 Å². The highest BCUT2D eigenvalue weighted by molar-refractivity contribution is 6.31. The Hall–Kier alpha value is -3.12. The Bertz CT molecular complexity index is 1420. The molecule has 37 heavy (non-hydrogen) atoms. The van der Waals surface area contributed by atoms with Gasteiger partial charge in [-0.05, 0) is 74.4 Å². The standard InChI is InChI=1S/C28H26ClN3O5/c29-17-5-3-16(12-30)19(10-17)31-26(35)18-11-28(36)21-9-15-4-6-20(33)24-22(15)27(28,25(37-24)23(18)34)7-8-32(21)13-14-1-2-14/h3-6,10,14,18,21,25,33,36H,1-2,7-9,11,13H2,(H,31,35)/t18?,21-,25+,27+,28-/m1/s1. The number of Topliss-reactive ketones (excluding diaryl/α,β-unsaturated/α-hetero) is 1. The zero-order chi connectivity index (χ0) is 25.7. The largest absolute Gasteiger partial charge is 0.504 e.